The summed E-state index contributed by atoms with van der Waals surface area (Å²) in [4.78, 5) is 21.9. The van der Waals surface area contributed by atoms with Crippen LogP contribution in [0.5, 0.6) is 0 Å². The van der Waals surface area contributed by atoms with E-state index in [1.807, 2.05) is 30.3 Å². The Labute approximate surface area is 264 Å². The number of rotatable bonds is 7. The smallest absolute Gasteiger partial charge is 0.265 e. The summed E-state index contributed by atoms with van der Waals surface area (Å²) < 4.78 is 28.2. The van der Waals surface area contributed by atoms with E-state index in [4.69, 9.17) is 11.6 Å². The number of carbonyl (C=O) groups excluding carboxylic acids is 1. The van der Waals surface area contributed by atoms with Crippen LogP contribution in [-0.2, 0) is 10.0 Å². The first-order chi connectivity index (χ1) is 21.1. The number of allylic oxidation sites excluding steroid dienone is 1. The summed E-state index contributed by atoms with van der Waals surface area (Å²) in [6.45, 7) is 9.24. The summed E-state index contributed by atoms with van der Waals surface area (Å²) in [6, 6.07) is 23.5. The van der Waals surface area contributed by atoms with E-state index < -0.39 is 15.9 Å². The van der Waals surface area contributed by atoms with Crippen LogP contribution in [0.3, 0.4) is 0 Å². The van der Waals surface area contributed by atoms with Crippen molar-refractivity contribution in [3.8, 4) is 0 Å². The molecule has 1 fully saturated rings. The van der Waals surface area contributed by atoms with Crippen LogP contribution in [0.4, 0.5) is 5.69 Å². The highest BCUT2D eigenvalue weighted by Gasteiger charge is 2.29. The molecule has 1 saturated heterocycles. The summed E-state index contributed by atoms with van der Waals surface area (Å²) in [5.74, 6) is -0.674. The quantitative estimate of drug-likeness (QED) is 0.243. The first-order valence-corrected chi connectivity index (χ1v) is 16.9. The van der Waals surface area contributed by atoms with Gasteiger partial charge in [-0.05, 0) is 96.5 Å². The highest BCUT2D eigenvalue weighted by atomic mass is 35.5. The summed E-state index contributed by atoms with van der Waals surface area (Å²) in [5.41, 5.74) is 6.51. The fraction of sp³-hybridized carbons (Fsp3) is 0.314. The molecule has 1 amide bonds. The Morgan fingerprint density at radius 1 is 0.955 bits per heavy atom. The maximum atomic E-state index is 13.0. The molecule has 4 aromatic rings. The van der Waals surface area contributed by atoms with Gasteiger partial charge >= 0.3 is 0 Å². The Morgan fingerprint density at radius 2 is 1.68 bits per heavy atom. The largest absolute Gasteiger partial charge is 0.369 e. The van der Waals surface area contributed by atoms with Gasteiger partial charge in [0.25, 0.3) is 15.9 Å². The number of hydrogen-bond donors (Lipinski definition) is 1. The number of benzene rings is 3. The summed E-state index contributed by atoms with van der Waals surface area (Å²) in [5, 5.41) is 1.53. The van der Waals surface area contributed by atoms with E-state index >= 15 is 0 Å². The number of nitrogens with zero attached hydrogens (tertiary/aromatic N) is 3. The second-order valence-corrected chi connectivity index (χ2v) is 14.7. The van der Waals surface area contributed by atoms with Crippen LogP contribution < -0.4 is 9.62 Å². The second-order valence-electron chi connectivity index (χ2n) is 12.5. The van der Waals surface area contributed by atoms with E-state index in [0.717, 1.165) is 67.2 Å². The second kappa shape index (κ2) is 12.3. The highest BCUT2D eigenvalue weighted by molar-refractivity contribution is 7.90. The van der Waals surface area contributed by atoms with E-state index in [-0.39, 0.29) is 15.9 Å². The molecule has 228 valence electrons. The molecule has 44 heavy (non-hydrogen) atoms. The van der Waals surface area contributed by atoms with Gasteiger partial charge in [0.2, 0.25) is 0 Å². The van der Waals surface area contributed by atoms with E-state index in [1.54, 1.807) is 42.6 Å². The number of carbonyl (C=O) groups is 1. The SMILES string of the molecule is CC1(C)CCC(CN2CCN(c3ccc(S(=O)(=O)NC(=O)c4ccc5ncccc5c4)cc3)CC2)=C(c2ccc(Cl)cc2)C1. The van der Waals surface area contributed by atoms with Gasteiger partial charge < -0.3 is 4.90 Å². The molecule has 1 N–H and O–H groups in total. The highest BCUT2D eigenvalue weighted by Crippen LogP contribution is 2.43. The lowest BCUT2D eigenvalue weighted by Crippen LogP contribution is -2.47. The summed E-state index contributed by atoms with van der Waals surface area (Å²) >= 11 is 6.18. The van der Waals surface area contributed by atoms with Gasteiger partial charge in [-0.3, -0.25) is 14.7 Å². The maximum Gasteiger partial charge on any atom is 0.265 e. The van der Waals surface area contributed by atoms with Gasteiger partial charge in [0.15, 0.2) is 0 Å². The Kier molecular flexibility index (Phi) is 8.51. The van der Waals surface area contributed by atoms with Gasteiger partial charge in [-0.1, -0.05) is 49.2 Å². The predicted octanol–water partition coefficient (Wildman–Crippen LogP) is 6.79. The number of fused-ring (bicyclic) bond motifs is 1. The van der Waals surface area contributed by atoms with E-state index in [9.17, 15) is 13.2 Å². The Balaban J connectivity index is 1.08. The van der Waals surface area contributed by atoms with E-state index in [1.165, 1.54) is 23.1 Å². The number of piperazine rings is 1. The average molecular weight is 629 g/mol. The van der Waals surface area contributed by atoms with Crippen LogP contribution in [0, 0.1) is 5.41 Å². The molecular formula is C35H37ClN4O3S. The minimum Gasteiger partial charge on any atom is -0.369 e. The Morgan fingerprint density at radius 3 is 2.41 bits per heavy atom. The van der Waals surface area contributed by atoms with Crippen molar-refractivity contribution in [1.82, 2.24) is 14.6 Å². The molecular weight excluding hydrogens is 592 g/mol. The first kappa shape index (κ1) is 30.3. The monoisotopic (exact) mass is 628 g/mol. The van der Waals surface area contributed by atoms with Crippen LogP contribution in [0.25, 0.3) is 16.5 Å². The third-order valence-electron chi connectivity index (χ3n) is 8.77. The van der Waals surface area contributed by atoms with E-state index in [0.29, 0.717) is 0 Å². The molecule has 0 atom stereocenters. The number of anilines is 1. The number of sulfonamides is 1. The van der Waals surface area contributed by atoms with Crippen molar-refractivity contribution in [1.29, 1.82) is 0 Å². The topological polar surface area (TPSA) is 82.6 Å². The zero-order valence-electron chi connectivity index (χ0n) is 25.1. The Hall–Kier alpha value is -3.72. The minimum atomic E-state index is -4.03. The van der Waals surface area contributed by atoms with Gasteiger partial charge in [0.05, 0.1) is 10.4 Å². The lowest BCUT2D eigenvalue weighted by Gasteiger charge is -2.39. The van der Waals surface area contributed by atoms with Gasteiger partial charge in [0, 0.05) is 60.6 Å². The lowest BCUT2D eigenvalue weighted by molar-refractivity contribution is 0.0981. The van der Waals surface area contributed by atoms with Crippen LogP contribution in [0.15, 0.2) is 95.5 Å². The third-order valence-corrected chi connectivity index (χ3v) is 10.4. The summed E-state index contributed by atoms with van der Waals surface area (Å²) in [7, 11) is -4.03. The van der Waals surface area contributed by atoms with Crippen molar-refractivity contribution < 1.29 is 13.2 Å². The van der Waals surface area contributed by atoms with Crippen molar-refractivity contribution in [2.24, 2.45) is 5.41 Å². The Bertz CT molecular complexity index is 1810. The zero-order valence-corrected chi connectivity index (χ0v) is 26.7. The van der Waals surface area contributed by atoms with Crippen LogP contribution in [0.1, 0.15) is 49.0 Å². The molecule has 0 saturated carbocycles. The third kappa shape index (κ3) is 6.83. The van der Waals surface area contributed by atoms with Gasteiger partial charge in [-0.25, -0.2) is 13.1 Å². The standard InChI is InChI=1S/C35H37ClN4O3S/c1-35(2)16-15-28(32(23-35)25-5-8-29(36)9-6-25)24-39-18-20-40(21-19-39)30-10-12-31(13-11-30)44(42,43)38-34(41)27-7-14-33-26(22-27)4-3-17-37-33/h3-14,17,22H,15-16,18-21,23-24H2,1-2H3,(H,38,41). The van der Waals surface area contributed by atoms with Crippen LogP contribution >= 0.6 is 11.6 Å². The average Bonchev–Trinajstić information content (AvgIpc) is 3.02. The van der Waals surface area contributed by atoms with E-state index in [2.05, 4.69) is 45.5 Å². The fourth-order valence-corrected chi connectivity index (χ4v) is 7.29. The van der Waals surface area contributed by atoms with Crippen LogP contribution in [0.2, 0.25) is 5.02 Å². The molecule has 1 aromatic heterocycles. The molecule has 1 aliphatic heterocycles. The minimum absolute atomic E-state index is 0.0533. The molecule has 1 aliphatic carbocycles. The number of halogens is 1. The molecule has 9 heteroatoms. The molecule has 2 heterocycles. The normalized spacial score (nSPS) is 17.6. The molecule has 7 nitrogen and oxygen atoms in total. The number of nitrogens with one attached hydrogen (secondary N) is 1. The molecule has 2 aliphatic rings. The summed E-state index contributed by atoms with van der Waals surface area (Å²) in [6.07, 6.45) is 5.04. The van der Waals surface area contributed by atoms with Crippen LogP contribution in [-0.4, -0.2) is 56.9 Å². The van der Waals surface area contributed by atoms with Gasteiger partial charge in [0.1, 0.15) is 0 Å². The first-order valence-electron chi connectivity index (χ1n) is 15.0. The van der Waals surface area contributed by atoms with Crippen molar-refractivity contribution >= 4 is 49.7 Å². The molecule has 0 spiro atoms. The number of hydrogen-bond acceptors (Lipinski definition) is 6. The lowest BCUT2D eigenvalue weighted by atomic mass is 9.72. The van der Waals surface area contributed by atoms with Crippen molar-refractivity contribution in [2.75, 3.05) is 37.6 Å². The van der Waals surface area contributed by atoms with Crippen molar-refractivity contribution in [2.45, 2.75) is 38.0 Å². The predicted molar refractivity (Wildman–Crippen MR) is 177 cm³/mol. The molecule has 6 rings (SSSR count). The fourth-order valence-electron chi connectivity index (χ4n) is 6.19. The van der Waals surface area contributed by atoms with Gasteiger partial charge in [-0.15, -0.1) is 0 Å². The molecule has 0 bridgehead atoms. The number of amides is 1. The zero-order chi connectivity index (χ0) is 30.9. The molecule has 0 radical (unpaired) electrons. The molecule has 0 unspecified atom stereocenters. The molecule has 3 aromatic carbocycles. The van der Waals surface area contributed by atoms with Gasteiger partial charge in [-0.2, -0.15) is 0 Å². The maximum absolute atomic E-state index is 13.0. The van der Waals surface area contributed by atoms with Crippen molar-refractivity contribution in [3.63, 3.8) is 0 Å². The number of pyridine rings is 1. The van der Waals surface area contributed by atoms with Crippen molar-refractivity contribution in [3.05, 3.63) is 107 Å². The number of aromatic nitrogens is 1.